The van der Waals surface area contributed by atoms with Gasteiger partial charge in [0.05, 0.1) is 24.9 Å². The first-order valence-electron chi connectivity index (χ1n) is 7.29. The van der Waals surface area contributed by atoms with Crippen molar-refractivity contribution in [2.24, 2.45) is 0 Å². The van der Waals surface area contributed by atoms with Crippen LogP contribution in [0.25, 0.3) is 10.9 Å². The van der Waals surface area contributed by atoms with Gasteiger partial charge in [0.15, 0.2) is 17.4 Å². The van der Waals surface area contributed by atoms with Crippen LogP contribution in [0.1, 0.15) is 0 Å². The van der Waals surface area contributed by atoms with E-state index in [1.807, 2.05) is 29.2 Å². The molecule has 0 spiro atoms. The predicted molar refractivity (Wildman–Crippen MR) is 86.2 cm³/mol. The lowest BCUT2D eigenvalue weighted by molar-refractivity contribution is 0.140. The zero-order valence-corrected chi connectivity index (χ0v) is 12.5. The van der Waals surface area contributed by atoms with Crippen LogP contribution in [0, 0.1) is 0 Å². The van der Waals surface area contributed by atoms with Gasteiger partial charge in [-0.05, 0) is 12.1 Å². The monoisotopic (exact) mass is 312 g/mol. The van der Waals surface area contributed by atoms with Crippen LogP contribution in [0.15, 0.2) is 30.5 Å². The van der Waals surface area contributed by atoms with E-state index in [2.05, 4.69) is 25.5 Å². The fourth-order valence-corrected chi connectivity index (χ4v) is 2.54. The molecule has 8 heteroatoms. The highest BCUT2D eigenvalue weighted by Crippen LogP contribution is 2.30. The third-order valence-corrected chi connectivity index (χ3v) is 3.81. The molecule has 0 amide bonds. The molecular formula is C15H16N6O2. The Labute approximate surface area is 132 Å². The van der Waals surface area contributed by atoms with Gasteiger partial charge in [0.1, 0.15) is 0 Å². The average molecular weight is 312 g/mol. The summed E-state index contributed by atoms with van der Waals surface area (Å²) in [6, 6.07) is 7.83. The van der Waals surface area contributed by atoms with E-state index >= 15 is 0 Å². The number of aliphatic hydroxyl groups excluding tert-OH is 1. The highest BCUT2D eigenvalue weighted by atomic mass is 16.5. The second kappa shape index (κ2) is 5.40. The van der Waals surface area contributed by atoms with Crippen molar-refractivity contribution < 1.29 is 9.84 Å². The molecule has 118 valence electrons. The minimum Gasteiger partial charge on any atom is -0.491 e. The standard InChI is InChI=1S/C15H16N6O2/c1-23-12-6-16-15(21-7-9(22)8-21)18-14(12)17-13-10-4-2-3-5-11(10)19-20-13/h2-6,9,22H,7-8H2,1H3,(H2,16,17,18,19,20). The van der Waals surface area contributed by atoms with Gasteiger partial charge >= 0.3 is 0 Å². The molecular weight excluding hydrogens is 296 g/mol. The molecule has 0 saturated carbocycles. The van der Waals surface area contributed by atoms with E-state index in [0.717, 1.165) is 10.9 Å². The fourth-order valence-electron chi connectivity index (χ4n) is 2.54. The van der Waals surface area contributed by atoms with Gasteiger partial charge in [-0.15, -0.1) is 0 Å². The lowest BCUT2D eigenvalue weighted by Gasteiger charge is -2.35. The number of para-hydroxylation sites is 1. The minimum atomic E-state index is -0.313. The number of benzene rings is 1. The maximum atomic E-state index is 9.42. The highest BCUT2D eigenvalue weighted by molar-refractivity contribution is 5.91. The van der Waals surface area contributed by atoms with Crippen LogP contribution >= 0.6 is 0 Å². The number of nitrogens with one attached hydrogen (secondary N) is 2. The molecule has 23 heavy (non-hydrogen) atoms. The quantitative estimate of drug-likeness (QED) is 0.667. The number of hydrogen-bond donors (Lipinski definition) is 3. The Hall–Kier alpha value is -2.87. The molecule has 1 aliphatic heterocycles. The van der Waals surface area contributed by atoms with Crippen LogP contribution in [-0.4, -0.2) is 51.6 Å². The summed E-state index contributed by atoms with van der Waals surface area (Å²) in [5.41, 5.74) is 0.939. The van der Waals surface area contributed by atoms with Crippen molar-refractivity contribution in [2.75, 3.05) is 30.4 Å². The van der Waals surface area contributed by atoms with Crippen molar-refractivity contribution in [3.63, 3.8) is 0 Å². The first-order chi connectivity index (χ1) is 11.2. The molecule has 1 fully saturated rings. The molecule has 0 atom stereocenters. The third-order valence-electron chi connectivity index (χ3n) is 3.81. The van der Waals surface area contributed by atoms with Gasteiger partial charge in [-0.25, -0.2) is 4.98 Å². The minimum absolute atomic E-state index is 0.313. The molecule has 8 nitrogen and oxygen atoms in total. The topological polar surface area (TPSA) is 99.2 Å². The number of H-pyrrole nitrogens is 1. The van der Waals surface area contributed by atoms with Crippen molar-refractivity contribution >= 4 is 28.5 Å². The number of anilines is 3. The van der Waals surface area contributed by atoms with E-state index in [1.165, 1.54) is 0 Å². The van der Waals surface area contributed by atoms with E-state index in [0.29, 0.717) is 36.4 Å². The van der Waals surface area contributed by atoms with Crippen LogP contribution in [-0.2, 0) is 0 Å². The lowest BCUT2D eigenvalue weighted by Crippen LogP contribution is -2.51. The summed E-state index contributed by atoms with van der Waals surface area (Å²) in [6.45, 7) is 1.08. The lowest BCUT2D eigenvalue weighted by atomic mass is 10.2. The number of hydrogen-bond acceptors (Lipinski definition) is 7. The van der Waals surface area contributed by atoms with Crippen molar-refractivity contribution in [1.82, 2.24) is 20.2 Å². The number of aliphatic hydroxyl groups is 1. The van der Waals surface area contributed by atoms with Crippen LogP contribution in [0.3, 0.4) is 0 Å². The van der Waals surface area contributed by atoms with Gasteiger partial charge in [0.25, 0.3) is 0 Å². The smallest absolute Gasteiger partial charge is 0.227 e. The summed E-state index contributed by atoms with van der Waals surface area (Å²) in [5.74, 6) is 2.30. The molecule has 1 aliphatic rings. The van der Waals surface area contributed by atoms with Crippen LogP contribution in [0.5, 0.6) is 5.75 Å². The molecule has 2 aromatic heterocycles. The number of β-amino-alcohol motifs (C(OH)–C–C–N with tert-alkyl or cyclic N) is 1. The zero-order chi connectivity index (χ0) is 15.8. The zero-order valence-electron chi connectivity index (χ0n) is 12.5. The van der Waals surface area contributed by atoms with Gasteiger partial charge in [0.2, 0.25) is 5.95 Å². The van der Waals surface area contributed by atoms with Crippen molar-refractivity contribution in [2.45, 2.75) is 6.10 Å². The summed E-state index contributed by atoms with van der Waals surface area (Å²) in [6.07, 6.45) is 1.30. The number of methoxy groups -OCH3 is 1. The Morgan fingerprint density at radius 3 is 2.91 bits per heavy atom. The Kier molecular flexibility index (Phi) is 3.23. The highest BCUT2D eigenvalue weighted by Gasteiger charge is 2.27. The molecule has 0 unspecified atom stereocenters. The molecule has 0 aliphatic carbocycles. The number of aromatic nitrogens is 4. The number of aromatic amines is 1. The van der Waals surface area contributed by atoms with Crippen LogP contribution < -0.4 is 15.0 Å². The molecule has 4 rings (SSSR count). The van der Waals surface area contributed by atoms with E-state index in [-0.39, 0.29) is 6.10 Å². The van der Waals surface area contributed by atoms with Crippen molar-refractivity contribution in [3.8, 4) is 5.75 Å². The largest absolute Gasteiger partial charge is 0.491 e. The van der Waals surface area contributed by atoms with Gasteiger partial charge in [-0.1, -0.05) is 12.1 Å². The molecule has 0 radical (unpaired) electrons. The van der Waals surface area contributed by atoms with Gasteiger partial charge < -0.3 is 20.1 Å². The first kappa shape index (κ1) is 13.8. The van der Waals surface area contributed by atoms with E-state index in [1.54, 1.807) is 13.3 Å². The number of nitrogens with zero attached hydrogens (tertiary/aromatic N) is 4. The van der Waals surface area contributed by atoms with Crippen molar-refractivity contribution in [1.29, 1.82) is 0 Å². The second-order valence-electron chi connectivity index (χ2n) is 5.39. The predicted octanol–water partition coefficient (Wildman–Crippen LogP) is 1.29. The number of rotatable bonds is 4. The Morgan fingerprint density at radius 1 is 1.30 bits per heavy atom. The molecule has 1 saturated heterocycles. The average Bonchev–Trinajstić information content (AvgIpc) is 2.95. The maximum absolute atomic E-state index is 9.42. The Balaban J connectivity index is 1.68. The van der Waals surface area contributed by atoms with Crippen molar-refractivity contribution in [3.05, 3.63) is 30.5 Å². The third kappa shape index (κ3) is 2.42. The molecule has 1 aromatic carbocycles. The summed E-state index contributed by atoms with van der Waals surface area (Å²) in [4.78, 5) is 10.7. The van der Waals surface area contributed by atoms with Gasteiger partial charge in [-0.3, -0.25) is 5.10 Å². The van der Waals surface area contributed by atoms with E-state index in [9.17, 15) is 5.11 Å². The number of fused-ring (bicyclic) bond motifs is 1. The van der Waals surface area contributed by atoms with Crippen LogP contribution in [0.2, 0.25) is 0 Å². The molecule has 3 N–H and O–H groups in total. The van der Waals surface area contributed by atoms with Crippen LogP contribution in [0.4, 0.5) is 17.6 Å². The SMILES string of the molecule is COc1cnc(N2CC(O)C2)nc1Nc1n[nH]c2ccccc12. The van der Waals surface area contributed by atoms with E-state index in [4.69, 9.17) is 4.74 Å². The van der Waals surface area contributed by atoms with Gasteiger partial charge in [-0.2, -0.15) is 10.1 Å². The summed E-state index contributed by atoms with van der Waals surface area (Å²) in [5, 5.41) is 20.8. The number of ether oxygens (including phenoxy) is 1. The fraction of sp³-hybridized carbons (Fsp3) is 0.267. The Morgan fingerprint density at radius 2 is 2.13 bits per heavy atom. The van der Waals surface area contributed by atoms with E-state index < -0.39 is 0 Å². The summed E-state index contributed by atoms with van der Waals surface area (Å²) >= 11 is 0. The normalized spacial score (nSPS) is 14.8. The first-order valence-corrected chi connectivity index (χ1v) is 7.29. The molecule has 3 heterocycles. The Bertz CT molecular complexity index is 843. The molecule has 3 aromatic rings. The molecule has 0 bridgehead atoms. The maximum Gasteiger partial charge on any atom is 0.227 e. The van der Waals surface area contributed by atoms with Gasteiger partial charge in [0, 0.05) is 18.5 Å². The summed E-state index contributed by atoms with van der Waals surface area (Å²) in [7, 11) is 1.57. The summed E-state index contributed by atoms with van der Waals surface area (Å²) < 4.78 is 5.32. The second-order valence-corrected chi connectivity index (χ2v) is 5.39.